The van der Waals surface area contributed by atoms with Crippen LogP contribution in [0.1, 0.15) is 52.3 Å². The predicted octanol–water partition coefficient (Wildman–Crippen LogP) is 2.48. The third-order valence-corrected chi connectivity index (χ3v) is 3.88. The first kappa shape index (κ1) is 16.4. The molecule has 1 atom stereocenters. The maximum absolute atomic E-state index is 5.32. The van der Waals surface area contributed by atoms with Gasteiger partial charge in [0.1, 0.15) is 0 Å². The minimum absolute atomic E-state index is 0.555. The zero-order valence-corrected chi connectivity index (χ0v) is 13.9. The first-order valence-electron chi connectivity index (χ1n) is 8.30. The molecule has 1 unspecified atom stereocenters. The fraction of sp³-hybridized carbons (Fsp3) is 0.875. The molecule has 1 aromatic heterocycles. The molecule has 1 N–H and O–H groups in total. The van der Waals surface area contributed by atoms with E-state index in [1.165, 1.54) is 12.8 Å². The molecule has 0 aliphatic carbocycles. The van der Waals surface area contributed by atoms with Gasteiger partial charge in [-0.25, -0.2) is 0 Å². The van der Waals surface area contributed by atoms with Crippen LogP contribution in [0.15, 0.2) is 4.52 Å². The molecular weight excluding hydrogens is 264 g/mol. The van der Waals surface area contributed by atoms with Crippen molar-refractivity contribution in [3.8, 4) is 0 Å². The summed E-state index contributed by atoms with van der Waals surface area (Å²) in [5.74, 6) is 2.90. The molecule has 0 saturated carbocycles. The Morgan fingerprint density at radius 2 is 2.14 bits per heavy atom. The highest BCUT2D eigenvalue weighted by molar-refractivity contribution is 4.88. The van der Waals surface area contributed by atoms with E-state index in [2.05, 4.69) is 48.1 Å². The molecule has 5 heteroatoms. The van der Waals surface area contributed by atoms with Crippen LogP contribution in [0.4, 0.5) is 0 Å². The van der Waals surface area contributed by atoms with Crippen molar-refractivity contribution in [2.45, 2.75) is 59.5 Å². The largest absolute Gasteiger partial charge is 0.339 e. The number of nitrogens with one attached hydrogen (secondary N) is 1. The molecular formula is C16H30N4O. The van der Waals surface area contributed by atoms with Crippen LogP contribution in [0.2, 0.25) is 0 Å². The Labute approximate surface area is 128 Å². The average Bonchev–Trinajstić information content (AvgIpc) is 2.83. The lowest BCUT2D eigenvalue weighted by atomic mass is 9.98. The van der Waals surface area contributed by atoms with Gasteiger partial charge in [0, 0.05) is 19.0 Å². The van der Waals surface area contributed by atoms with Crippen molar-refractivity contribution in [2.75, 3.05) is 19.6 Å². The Balaban J connectivity index is 1.80. The molecule has 0 amide bonds. The molecule has 1 aromatic rings. The Morgan fingerprint density at radius 3 is 2.86 bits per heavy atom. The van der Waals surface area contributed by atoms with Crippen LogP contribution in [0.3, 0.4) is 0 Å². The summed E-state index contributed by atoms with van der Waals surface area (Å²) in [5.41, 5.74) is 0. The molecule has 0 aromatic carbocycles. The van der Waals surface area contributed by atoms with Gasteiger partial charge in [-0.15, -0.1) is 0 Å². The summed E-state index contributed by atoms with van der Waals surface area (Å²) in [6.07, 6.45) is 3.45. The van der Waals surface area contributed by atoms with Gasteiger partial charge >= 0.3 is 0 Å². The summed E-state index contributed by atoms with van der Waals surface area (Å²) in [7, 11) is 0. The minimum atomic E-state index is 0.555. The third-order valence-electron chi connectivity index (χ3n) is 3.88. The highest BCUT2D eigenvalue weighted by Gasteiger charge is 2.21. The van der Waals surface area contributed by atoms with Crippen molar-refractivity contribution in [1.82, 2.24) is 20.4 Å². The van der Waals surface area contributed by atoms with Crippen LogP contribution < -0.4 is 5.32 Å². The van der Waals surface area contributed by atoms with E-state index in [1.807, 2.05) is 0 Å². The molecule has 0 radical (unpaired) electrons. The number of nitrogens with zero attached hydrogens (tertiary/aromatic N) is 3. The van der Waals surface area contributed by atoms with Crippen LogP contribution in [-0.2, 0) is 13.0 Å². The molecule has 5 nitrogen and oxygen atoms in total. The van der Waals surface area contributed by atoms with Gasteiger partial charge in [-0.2, -0.15) is 4.98 Å². The highest BCUT2D eigenvalue weighted by Crippen LogP contribution is 2.17. The molecule has 120 valence electrons. The first-order valence-corrected chi connectivity index (χ1v) is 8.30. The molecule has 2 heterocycles. The molecule has 1 saturated heterocycles. The predicted molar refractivity (Wildman–Crippen MR) is 84.0 cm³/mol. The summed E-state index contributed by atoms with van der Waals surface area (Å²) in [4.78, 5) is 6.97. The maximum atomic E-state index is 5.32. The van der Waals surface area contributed by atoms with Gasteiger partial charge in [-0.05, 0) is 37.8 Å². The molecule has 1 fully saturated rings. The van der Waals surface area contributed by atoms with Gasteiger partial charge in [0.15, 0.2) is 5.82 Å². The van der Waals surface area contributed by atoms with Crippen LogP contribution in [0.25, 0.3) is 0 Å². The zero-order chi connectivity index (χ0) is 15.2. The fourth-order valence-corrected chi connectivity index (χ4v) is 2.85. The number of aromatic nitrogens is 2. The van der Waals surface area contributed by atoms with Gasteiger partial charge in [0.25, 0.3) is 0 Å². The topological polar surface area (TPSA) is 54.2 Å². The van der Waals surface area contributed by atoms with Crippen LogP contribution in [0.5, 0.6) is 0 Å². The summed E-state index contributed by atoms with van der Waals surface area (Å²) >= 11 is 0. The Bertz CT molecular complexity index is 416. The fourth-order valence-electron chi connectivity index (χ4n) is 2.85. The van der Waals surface area contributed by atoms with E-state index in [9.17, 15) is 0 Å². The van der Waals surface area contributed by atoms with Gasteiger partial charge in [0.2, 0.25) is 5.89 Å². The van der Waals surface area contributed by atoms with Crippen LogP contribution in [0, 0.1) is 11.8 Å². The van der Waals surface area contributed by atoms with Crippen LogP contribution in [-0.4, -0.2) is 40.7 Å². The Kier molecular flexibility index (Phi) is 6.18. The minimum Gasteiger partial charge on any atom is -0.339 e. The summed E-state index contributed by atoms with van der Waals surface area (Å²) in [5, 5.41) is 7.67. The van der Waals surface area contributed by atoms with E-state index in [0.717, 1.165) is 50.2 Å². The van der Waals surface area contributed by atoms with Gasteiger partial charge < -0.3 is 9.84 Å². The molecule has 1 aliphatic rings. The Morgan fingerprint density at radius 1 is 1.33 bits per heavy atom. The molecule has 1 aliphatic heterocycles. The summed E-state index contributed by atoms with van der Waals surface area (Å²) in [6.45, 7) is 13.0. The molecule has 21 heavy (non-hydrogen) atoms. The molecule has 0 spiro atoms. The summed E-state index contributed by atoms with van der Waals surface area (Å²) in [6, 6.07) is 0.566. The van der Waals surface area contributed by atoms with Crippen molar-refractivity contribution >= 4 is 0 Å². The average molecular weight is 294 g/mol. The molecule has 2 rings (SSSR count). The van der Waals surface area contributed by atoms with Gasteiger partial charge in [-0.3, -0.25) is 4.90 Å². The Hall–Kier alpha value is -0.940. The molecule has 0 bridgehead atoms. The number of hydrogen-bond donors (Lipinski definition) is 1. The highest BCUT2D eigenvalue weighted by atomic mass is 16.5. The van der Waals surface area contributed by atoms with Gasteiger partial charge in [0.05, 0.1) is 6.54 Å². The zero-order valence-electron chi connectivity index (χ0n) is 13.9. The van der Waals surface area contributed by atoms with Crippen molar-refractivity contribution in [1.29, 1.82) is 0 Å². The second kappa shape index (κ2) is 7.90. The standard InChI is InChI=1S/C16H30N4O/c1-12(2)8-16-18-15(19-21-16)11-20-7-5-6-14(10-20)9-17-13(3)4/h12-14,17H,5-11H2,1-4H3. The third kappa shape index (κ3) is 5.75. The lowest BCUT2D eigenvalue weighted by Crippen LogP contribution is -2.40. The summed E-state index contributed by atoms with van der Waals surface area (Å²) < 4.78 is 5.32. The maximum Gasteiger partial charge on any atom is 0.226 e. The lowest BCUT2D eigenvalue weighted by Gasteiger charge is -2.32. The second-order valence-corrected chi connectivity index (χ2v) is 7.01. The monoisotopic (exact) mass is 294 g/mol. The second-order valence-electron chi connectivity index (χ2n) is 7.01. The van der Waals surface area contributed by atoms with Crippen molar-refractivity contribution < 1.29 is 4.52 Å². The van der Waals surface area contributed by atoms with E-state index >= 15 is 0 Å². The van der Waals surface area contributed by atoms with Crippen molar-refractivity contribution in [2.24, 2.45) is 11.8 Å². The lowest BCUT2D eigenvalue weighted by molar-refractivity contribution is 0.159. The normalized spacial score (nSPS) is 20.6. The number of rotatable bonds is 7. The van der Waals surface area contributed by atoms with E-state index in [4.69, 9.17) is 4.52 Å². The van der Waals surface area contributed by atoms with Gasteiger partial charge in [-0.1, -0.05) is 32.9 Å². The SMILES string of the molecule is CC(C)Cc1nc(CN2CCCC(CNC(C)C)C2)no1. The van der Waals surface area contributed by atoms with E-state index in [1.54, 1.807) is 0 Å². The van der Waals surface area contributed by atoms with E-state index in [0.29, 0.717) is 12.0 Å². The van der Waals surface area contributed by atoms with E-state index in [-0.39, 0.29) is 0 Å². The quantitative estimate of drug-likeness (QED) is 0.837. The number of piperidine rings is 1. The van der Waals surface area contributed by atoms with Crippen molar-refractivity contribution in [3.63, 3.8) is 0 Å². The number of likely N-dealkylation sites (tertiary alicyclic amines) is 1. The van der Waals surface area contributed by atoms with E-state index < -0.39 is 0 Å². The van der Waals surface area contributed by atoms with Crippen LogP contribution >= 0.6 is 0 Å². The first-order chi connectivity index (χ1) is 10.0. The number of hydrogen-bond acceptors (Lipinski definition) is 5. The van der Waals surface area contributed by atoms with Crippen molar-refractivity contribution in [3.05, 3.63) is 11.7 Å². The smallest absolute Gasteiger partial charge is 0.226 e.